The number of rotatable bonds is 2. The van der Waals surface area contributed by atoms with Gasteiger partial charge in [0.05, 0.1) is 0 Å². The highest BCUT2D eigenvalue weighted by Crippen LogP contribution is 2.25. The molecule has 0 fully saturated rings. The van der Waals surface area contributed by atoms with Crippen molar-refractivity contribution in [1.82, 2.24) is 0 Å². The molecule has 0 spiro atoms. The van der Waals surface area contributed by atoms with E-state index >= 15 is 0 Å². The highest BCUT2D eigenvalue weighted by atomic mass is 19.2. The molecule has 2 aromatic rings. The molecule has 0 aliphatic heterocycles. The Kier molecular flexibility index (Phi) is 3.00. The smallest absolute Gasteiger partial charge is 0.159 e. The Morgan fingerprint density at radius 1 is 1.00 bits per heavy atom. The van der Waals surface area contributed by atoms with Crippen LogP contribution in [0.15, 0.2) is 36.4 Å². The van der Waals surface area contributed by atoms with Crippen molar-refractivity contribution in [3.63, 3.8) is 0 Å². The summed E-state index contributed by atoms with van der Waals surface area (Å²) in [6, 6.07) is 8.85. The summed E-state index contributed by atoms with van der Waals surface area (Å²) in [4.78, 5) is 10.9. The van der Waals surface area contributed by atoms with Crippen LogP contribution in [0.2, 0.25) is 0 Å². The monoisotopic (exact) mass is 232 g/mol. The standard InChI is InChI=1S/C14H10F2O/c1-9-2-3-11(8-17)12(6-9)10-4-5-13(15)14(16)7-10/h2-8H,1H3. The van der Waals surface area contributed by atoms with Crippen LogP contribution < -0.4 is 0 Å². The molecular weight excluding hydrogens is 222 g/mol. The Labute approximate surface area is 97.7 Å². The predicted octanol–water partition coefficient (Wildman–Crippen LogP) is 3.75. The molecule has 0 aliphatic rings. The van der Waals surface area contributed by atoms with Crippen LogP contribution in [0.5, 0.6) is 0 Å². The van der Waals surface area contributed by atoms with Crippen molar-refractivity contribution >= 4 is 6.29 Å². The second kappa shape index (κ2) is 4.45. The van der Waals surface area contributed by atoms with Crippen LogP contribution in [0.1, 0.15) is 15.9 Å². The van der Waals surface area contributed by atoms with Gasteiger partial charge in [0, 0.05) is 5.56 Å². The van der Waals surface area contributed by atoms with E-state index in [1.165, 1.54) is 6.07 Å². The maximum absolute atomic E-state index is 13.1. The third kappa shape index (κ3) is 2.23. The van der Waals surface area contributed by atoms with Gasteiger partial charge in [-0.3, -0.25) is 4.79 Å². The van der Waals surface area contributed by atoms with Crippen LogP contribution in [0.4, 0.5) is 8.78 Å². The zero-order chi connectivity index (χ0) is 12.4. The van der Waals surface area contributed by atoms with Crippen LogP contribution in [-0.4, -0.2) is 6.29 Å². The average Bonchev–Trinajstić information content (AvgIpc) is 2.32. The molecule has 0 N–H and O–H groups in total. The van der Waals surface area contributed by atoms with Crippen LogP contribution in [0.25, 0.3) is 11.1 Å². The lowest BCUT2D eigenvalue weighted by atomic mass is 9.98. The Morgan fingerprint density at radius 2 is 1.76 bits per heavy atom. The number of carbonyl (C=O) groups is 1. The minimum atomic E-state index is -0.916. The molecule has 2 aromatic carbocycles. The highest BCUT2D eigenvalue weighted by molar-refractivity contribution is 5.87. The molecule has 0 amide bonds. The third-order valence-electron chi connectivity index (χ3n) is 2.57. The third-order valence-corrected chi connectivity index (χ3v) is 2.57. The molecule has 17 heavy (non-hydrogen) atoms. The number of carbonyl (C=O) groups excluding carboxylic acids is 1. The number of hydrogen-bond acceptors (Lipinski definition) is 1. The molecule has 0 unspecified atom stereocenters. The van der Waals surface area contributed by atoms with Crippen LogP contribution in [-0.2, 0) is 0 Å². The molecule has 1 nitrogen and oxygen atoms in total. The first-order chi connectivity index (χ1) is 8.11. The first-order valence-electron chi connectivity index (χ1n) is 5.13. The zero-order valence-corrected chi connectivity index (χ0v) is 9.21. The molecule has 0 radical (unpaired) electrons. The van der Waals surface area contributed by atoms with Gasteiger partial charge < -0.3 is 0 Å². The number of halogens is 2. The van der Waals surface area contributed by atoms with Crippen molar-refractivity contribution in [2.24, 2.45) is 0 Å². The van der Waals surface area contributed by atoms with Gasteiger partial charge in [-0.15, -0.1) is 0 Å². The molecule has 0 aliphatic carbocycles. The van der Waals surface area contributed by atoms with Crippen LogP contribution in [0, 0.1) is 18.6 Å². The topological polar surface area (TPSA) is 17.1 Å². The van der Waals surface area contributed by atoms with Gasteiger partial charge in [0.2, 0.25) is 0 Å². The van der Waals surface area contributed by atoms with Gasteiger partial charge in [0.15, 0.2) is 17.9 Å². The normalized spacial score (nSPS) is 10.3. The summed E-state index contributed by atoms with van der Waals surface area (Å²) in [5.41, 5.74) is 2.52. The van der Waals surface area contributed by atoms with E-state index in [0.717, 1.165) is 17.7 Å². The summed E-state index contributed by atoms with van der Waals surface area (Å²) in [5, 5.41) is 0. The quantitative estimate of drug-likeness (QED) is 0.720. The van der Waals surface area contributed by atoms with Crippen LogP contribution in [0.3, 0.4) is 0 Å². The van der Waals surface area contributed by atoms with Gasteiger partial charge >= 0.3 is 0 Å². The molecule has 0 atom stereocenters. The first kappa shape index (κ1) is 11.5. The van der Waals surface area contributed by atoms with Crippen molar-refractivity contribution in [3.05, 3.63) is 59.2 Å². The lowest BCUT2D eigenvalue weighted by Crippen LogP contribution is -1.91. The van der Waals surface area contributed by atoms with Crippen molar-refractivity contribution in [3.8, 4) is 11.1 Å². The van der Waals surface area contributed by atoms with Crippen molar-refractivity contribution < 1.29 is 13.6 Å². The molecule has 0 bridgehead atoms. The van der Waals surface area contributed by atoms with Gasteiger partial charge in [-0.2, -0.15) is 0 Å². The largest absolute Gasteiger partial charge is 0.298 e. The Balaban J connectivity index is 2.62. The summed E-state index contributed by atoms with van der Waals surface area (Å²) in [7, 11) is 0. The van der Waals surface area contributed by atoms with E-state index < -0.39 is 11.6 Å². The lowest BCUT2D eigenvalue weighted by molar-refractivity contribution is 0.112. The fourth-order valence-electron chi connectivity index (χ4n) is 1.69. The number of aldehydes is 1. The second-order valence-corrected chi connectivity index (χ2v) is 3.84. The van der Waals surface area contributed by atoms with E-state index in [-0.39, 0.29) is 0 Å². The van der Waals surface area contributed by atoms with Gasteiger partial charge in [0.25, 0.3) is 0 Å². The summed E-state index contributed by atoms with van der Waals surface area (Å²) < 4.78 is 26.0. The fraction of sp³-hybridized carbons (Fsp3) is 0.0714. The zero-order valence-electron chi connectivity index (χ0n) is 9.21. The number of aryl methyl sites for hydroxylation is 1. The second-order valence-electron chi connectivity index (χ2n) is 3.84. The van der Waals surface area contributed by atoms with Gasteiger partial charge in [-0.05, 0) is 30.2 Å². The van der Waals surface area contributed by atoms with E-state index in [2.05, 4.69) is 0 Å². The summed E-state index contributed by atoms with van der Waals surface area (Å²) in [6.07, 6.45) is 0.704. The lowest BCUT2D eigenvalue weighted by Gasteiger charge is -2.07. The number of hydrogen-bond donors (Lipinski definition) is 0. The highest BCUT2D eigenvalue weighted by Gasteiger charge is 2.08. The average molecular weight is 232 g/mol. The van der Waals surface area contributed by atoms with Gasteiger partial charge in [-0.1, -0.05) is 29.8 Å². The van der Waals surface area contributed by atoms with E-state index in [1.54, 1.807) is 18.2 Å². The molecule has 0 saturated heterocycles. The minimum Gasteiger partial charge on any atom is -0.298 e. The molecule has 0 aromatic heterocycles. The van der Waals surface area contributed by atoms with Crippen LogP contribution >= 0.6 is 0 Å². The molecule has 2 rings (SSSR count). The maximum Gasteiger partial charge on any atom is 0.159 e. The molecular formula is C14H10F2O. The SMILES string of the molecule is Cc1ccc(C=O)c(-c2ccc(F)c(F)c2)c1. The summed E-state index contributed by atoms with van der Waals surface area (Å²) >= 11 is 0. The Hall–Kier alpha value is -2.03. The summed E-state index contributed by atoms with van der Waals surface area (Å²) in [6.45, 7) is 1.87. The summed E-state index contributed by atoms with van der Waals surface area (Å²) in [5.74, 6) is -1.81. The Morgan fingerprint density at radius 3 is 2.41 bits per heavy atom. The molecule has 86 valence electrons. The predicted molar refractivity (Wildman–Crippen MR) is 61.9 cm³/mol. The van der Waals surface area contributed by atoms with Crippen molar-refractivity contribution in [2.45, 2.75) is 6.92 Å². The number of benzene rings is 2. The van der Waals surface area contributed by atoms with Crippen molar-refractivity contribution in [1.29, 1.82) is 0 Å². The Bertz CT molecular complexity index is 576. The fourth-order valence-corrected chi connectivity index (χ4v) is 1.69. The first-order valence-corrected chi connectivity index (χ1v) is 5.13. The van der Waals surface area contributed by atoms with E-state index in [0.29, 0.717) is 23.0 Å². The minimum absolute atomic E-state index is 0.460. The van der Waals surface area contributed by atoms with Crippen molar-refractivity contribution in [2.75, 3.05) is 0 Å². The van der Waals surface area contributed by atoms with Gasteiger partial charge in [0.1, 0.15) is 0 Å². The molecule has 0 saturated carbocycles. The van der Waals surface area contributed by atoms with E-state index in [4.69, 9.17) is 0 Å². The van der Waals surface area contributed by atoms with E-state index in [9.17, 15) is 13.6 Å². The molecule has 3 heteroatoms. The van der Waals surface area contributed by atoms with E-state index in [1.807, 2.05) is 6.92 Å². The molecule has 0 heterocycles. The van der Waals surface area contributed by atoms with Gasteiger partial charge in [-0.25, -0.2) is 8.78 Å². The maximum atomic E-state index is 13.1.